The maximum absolute atomic E-state index is 12.0. The molecule has 0 radical (unpaired) electrons. The van der Waals surface area contributed by atoms with Crippen molar-refractivity contribution in [2.24, 2.45) is 0 Å². The second kappa shape index (κ2) is 5.86. The van der Waals surface area contributed by atoms with Gasteiger partial charge in [-0.05, 0) is 50.6 Å². The molecule has 2 fully saturated rings. The number of hydrogen-bond acceptors (Lipinski definition) is 3. The second-order valence-corrected chi connectivity index (χ2v) is 7.10. The van der Waals surface area contributed by atoms with Crippen LogP contribution in [0.2, 0.25) is 0 Å². The number of hydrogen-bond donors (Lipinski definition) is 0. The summed E-state index contributed by atoms with van der Waals surface area (Å²) in [4.78, 5) is 18.2. The summed E-state index contributed by atoms with van der Waals surface area (Å²) in [5.74, 6) is 0.374. The molecule has 2 saturated heterocycles. The molecule has 1 amide bonds. The fraction of sp³-hybridized carbons (Fsp3) is 0.688. The van der Waals surface area contributed by atoms with E-state index in [1.807, 2.05) is 11.3 Å². The van der Waals surface area contributed by atoms with Crippen molar-refractivity contribution in [2.45, 2.75) is 51.1 Å². The first-order valence-corrected chi connectivity index (χ1v) is 8.67. The van der Waals surface area contributed by atoms with Gasteiger partial charge in [0.25, 0.3) is 0 Å². The Morgan fingerprint density at radius 1 is 1.30 bits per heavy atom. The van der Waals surface area contributed by atoms with Crippen LogP contribution in [-0.4, -0.2) is 40.9 Å². The van der Waals surface area contributed by atoms with Crippen molar-refractivity contribution in [2.75, 3.05) is 19.6 Å². The van der Waals surface area contributed by atoms with Crippen LogP contribution in [0.5, 0.6) is 0 Å². The minimum Gasteiger partial charge on any atom is -0.337 e. The lowest BCUT2D eigenvalue weighted by atomic mass is 9.88. The first kappa shape index (κ1) is 14.1. The van der Waals surface area contributed by atoms with E-state index in [1.165, 1.54) is 24.3 Å². The van der Waals surface area contributed by atoms with Crippen LogP contribution in [0.3, 0.4) is 0 Å². The lowest BCUT2D eigenvalue weighted by molar-refractivity contribution is -0.131. The number of rotatable bonds is 3. The number of nitrogens with zero attached hydrogens (tertiary/aromatic N) is 2. The molecule has 1 atom stereocenters. The summed E-state index contributed by atoms with van der Waals surface area (Å²) in [6, 6.07) is 4.36. The van der Waals surface area contributed by atoms with Crippen LogP contribution in [0.4, 0.5) is 0 Å². The Morgan fingerprint density at radius 3 is 2.95 bits per heavy atom. The molecule has 1 aromatic heterocycles. The predicted molar refractivity (Wildman–Crippen MR) is 82.8 cm³/mol. The molecule has 3 rings (SSSR count). The van der Waals surface area contributed by atoms with E-state index in [2.05, 4.69) is 34.2 Å². The minimum absolute atomic E-state index is 0.177. The molecular weight excluding hydrogens is 268 g/mol. The van der Waals surface area contributed by atoms with Crippen LogP contribution in [0, 0.1) is 0 Å². The van der Waals surface area contributed by atoms with E-state index in [0.717, 1.165) is 38.9 Å². The number of thiophene rings is 1. The van der Waals surface area contributed by atoms with Crippen molar-refractivity contribution in [3.63, 3.8) is 0 Å². The van der Waals surface area contributed by atoms with E-state index < -0.39 is 0 Å². The average molecular weight is 292 g/mol. The number of carbonyl (C=O) groups excluding carboxylic acids is 1. The maximum Gasteiger partial charge on any atom is 0.223 e. The third-order valence-corrected chi connectivity index (χ3v) is 5.82. The van der Waals surface area contributed by atoms with Gasteiger partial charge in [-0.1, -0.05) is 6.07 Å². The monoisotopic (exact) mass is 292 g/mol. The predicted octanol–water partition coefficient (Wildman–Crippen LogP) is 3.12. The van der Waals surface area contributed by atoms with E-state index in [4.69, 9.17) is 0 Å². The Morgan fingerprint density at radius 2 is 2.20 bits per heavy atom. The highest BCUT2D eigenvalue weighted by molar-refractivity contribution is 7.09. The van der Waals surface area contributed by atoms with Crippen LogP contribution >= 0.6 is 11.3 Å². The highest BCUT2D eigenvalue weighted by Crippen LogP contribution is 2.39. The molecule has 0 aliphatic carbocycles. The van der Waals surface area contributed by atoms with Crippen LogP contribution in [0.1, 0.15) is 43.9 Å². The van der Waals surface area contributed by atoms with Crippen LogP contribution < -0.4 is 0 Å². The van der Waals surface area contributed by atoms with Crippen LogP contribution in [0.25, 0.3) is 0 Å². The third-order valence-electron chi connectivity index (χ3n) is 4.96. The highest BCUT2D eigenvalue weighted by Gasteiger charge is 2.44. The molecule has 3 nitrogen and oxygen atoms in total. The van der Waals surface area contributed by atoms with Gasteiger partial charge in [0.05, 0.1) is 0 Å². The molecule has 20 heavy (non-hydrogen) atoms. The van der Waals surface area contributed by atoms with Gasteiger partial charge in [-0.2, -0.15) is 0 Å². The Bertz CT molecular complexity index is 459. The first-order valence-electron chi connectivity index (χ1n) is 7.79. The molecule has 2 aliphatic rings. The summed E-state index contributed by atoms with van der Waals surface area (Å²) in [5.41, 5.74) is 0.177. The standard InChI is InChI=1S/C16H24N2OS/c1-2-18-15(19)6-8-16(18)7-4-10-17(11-9-16)13-14-5-3-12-20-14/h3,5,12H,2,4,6-11,13H2,1H3. The Hall–Kier alpha value is -0.870. The normalized spacial score (nSPS) is 28.2. The van der Waals surface area contributed by atoms with Gasteiger partial charge in [0.2, 0.25) is 5.91 Å². The zero-order chi connectivity index (χ0) is 14.0. The van der Waals surface area contributed by atoms with E-state index in [9.17, 15) is 4.79 Å². The summed E-state index contributed by atoms with van der Waals surface area (Å²) < 4.78 is 0. The van der Waals surface area contributed by atoms with Crippen molar-refractivity contribution in [3.05, 3.63) is 22.4 Å². The zero-order valence-electron chi connectivity index (χ0n) is 12.3. The molecule has 110 valence electrons. The van der Waals surface area contributed by atoms with E-state index in [-0.39, 0.29) is 5.54 Å². The van der Waals surface area contributed by atoms with Crippen molar-refractivity contribution in [3.8, 4) is 0 Å². The van der Waals surface area contributed by atoms with Crippen molar-refractivity contribution >= 4 is 17.2 Å². The first-order chi connectivity index (χ1) is 9.73. The zero-order valence-corrected chi connectivity index (χ0v) is 13.1. The molecule has 1 unspecified atom stereocenters. The van der Waals surface area contributed by atoms with Crippen LogP contribution in [0.15, 0.2) is 17.5 Å². The summed E-state index contributed by atoms with van der Waals surface area (Å²) in [7, 11) is 0. The number of amides is 1. The molecule has 0 saturated carbocycles. The van der Waals surface area contributed by atoms with Gasteiger partial charge in [0, 0.05) is 36.5 Å². The second-order valence-electron chi connectivity index (χ2n) is 6.07. The summed E-state index contributed by atoms with van der Waals surface area (Å²) in [6.07, 6.45) is 5.39. The van der Waals surface area contributed by atoms with Crippen molar-refractivity contribution in [1.29, 1.82) is 0 Å². The summed E-state index contributed by atoms with van der Waals surface area (Å²) >= 11 is 1.85. The van der Waals surface area contributed by atoms with E-state index in [1.54, 1.807) is 0 Å². The van der Waals surface area contributed by atoms with Crippen molar-refractivity contribution < 1.29 is 4.79 Å². The minimum atomic E-state index is 0.177. The lowest BCUT2D eigenvalue weighted by Gasteiger charge is -2.37. The van der Waals surface area contributed by atoms with Gasteiger partial charge >= 0.3 is 0 Å². The highest BCUT2D eigenvalue weighted by atomic mass is 32.1. The largest absolute Gasteiger partial charge is 0.337 e. The quantitative estimate of drug-likeness (QED) is 0.854. The molecule has 3 heterocycles. The molecule has 0 bridgehead atoms. The summed E-state index contributed by atoms with van der Waals surface area (Å²) in [5, 5.41) is 2.16. The Labute approximate surface area is 125 Å². The van der Waals surface area contributed by atoms with Gasteiger partial charge in [0.15, 0.2) is 0 Å². The lowest BCUT2D eigenvalue weighted by Crippen LogP contribution is -2.46. The molecule has 1 spiro atoms. The van der Waals surface area contributed by atoms with Gasteiger partial charge < -0.3 is 4.90 Å². The van der Waals surface area contributed by atoms with E-state index in [0.29, 0.717) is 5.91 Å². The third kappa shape index (κ3) is 2.63. The van der Waals surface area contributed by atoms with Crippen molar-refractivity contribution in [1.82, 2.24) is 9.80 Å². The number of likely N-dealkylation sites (tertiary alicyclic amines) is 2. The fourth-order valence-electron chi connectivity index (χ4n) is 3.92. The molecular formula is C16H24N2OS. The molecule has 4 heteroatoms. The van der Waals surface area contributed by atoms with Gasteiger partial charge in [-0.3, -0.25) is 9.69 Å². The Balaban J connectivity index is 1.66. The smallest absolute Gasteiger partial charge is 0.223 e. The molecule has 2 aliphatic heterocycles. The molecule has 0 N–H and O–H groups in total. The maximum atomic E-state index is 12.0. The molecule has 1 aromatic rings. The van der Waals surface area contributed by atoms with Gasteiger partial charge in [-0.15, -0.1) is 11.3 Å². The SMILES string of the molecule is CCN1C(=O)CCC12CCCN(Cc1cccs1)CC2. The number of carbonyl (C=O) groups is 1. The Kier molecular flexibility index (Phi) is 4.13. The van der Waals surface area contributed by atoms with Gasteiger partial charge in [-0.25, -0.2) is 0 Å². The molecule has 0 aromatic carbocycles. The summed E-state index contributed by atoms with van der Waals surface area (Å²) in [6.45, 7) is 6.38. The average Bonchev–Trinajstić information content (AvgIpc) is 2.99. The van der Waals surface area contributed by atoms with E-state index >= 15 is 0 Å². The topological polar surface area (TPSA) is 23.6 Å². The van der Waals surface area contributed by atoms with Gasteiger partial charge in [0.1, 0.15) is 0 Å². The fourth-order valence-corrected chi connectivity index (χ4v) is 4.67. The van der Waals surface area contributed by atoms with Crippen LogP contribution in [-0.2, 0) is 11.3 Å².